The second-order valence-corrected chi connectivity index (χ2v) is 3.21. The van der Waals surface area contributed by atoms with Crippen molar-refractivity contribution < 1.29 is 0 Å². The van der Waals surface area contributed by atoms with Crippen LogP contribution in [0, 0.1) is 0 Å². The molecule has 2 rings (SSSR count). The van der Waals surface area contributed by atoms with Gasteiger partial charge in [0, 0.05) is 23.8 Å². The lowest BCUT2D eigenvalue weighted by atomic mass is 10.1. The van der Waals surface area contributed by atoms with E-state index in [1.54, 1.807) is 6.20 Å². The van der Waals surface area contributed by atoms with Crippen LogP contribution >= 0.6 is 11.6 Å². The molecule has 66 valence electrons. The van der Waals surface area contributed by atoms with Crippen molar-refractivity contribution in [2.24, 2.45) is 0 Å². The lowest BCUT2D eigenvalue weighted by Crippen LogP contribution is -1.90. The summed E-state index contributed by atoms with van der Waals surface area (Å²) in [5.41, 5.74) is 1.10. The topological polar surface area (TPSA) is 28.7 Å². The van der Waals surface area contributed by atoms with E-state index in [1.807, 2.05) is 30.5 Å². The Bertz CT molecular complexity index is 382. The molecule has 2 aromatic rings. The van der Waals surface area contributed by atoms with Gasteiger partial charge in [-0.1, -0.05) is 29.8 Å². The maximum atomic E-state index is 6.00. The summed E-state index contributed by atoms with van der Waals surface area (Å²) in [4.78, 5) is 7.18. The fourth-order valence-corrected chi connectivity index (χ4v) is 1.42. The molecule has 1 aromatic carbocycles. The molecule has 0 fully saturated rings. The Morgan fingerprint density at radius 3 is 2.85 bits per heavy atom. The van der Waals surface area contributed by atoms with Crippen LogP contribution in [-0.2, 0) is 6.42 Å². The number of aromatic amines is 1. The van der Waals surface area contributed by atoms with Crippen LogP contribution in [0.15, 0.2) is 36.7 Å². The molecule has 0 saturated heterocycles. The number of imidazole rings is 1. The van der Waals surface area contributed by atoms with Crippen LogP contribution in [0.5, 0.6) is 0 Å². The minimum absolute atomic E-state index is 0.757. The van der Waals surface area contributed by atoms with Crippen LogP contribution in [0.1, 0.15) is 11.4 Å². The van der Waals surface area contributed by atoms with E-state index in [0.717, 1.165) is 22.8 Å². The summed E-state index contributed by atoms with van der Waals surface area (Å²) in [7, 11) is 0. The predicted molar refractivity (Wildman–Crippen MR) is 52.8 cm³/mol. The van der Waals surface area contributed by atoms with Gasteiger partial charge in [0.25, 0.3) is 0 Å². The first-order chi connectivity index (χ1) is 6.36. The van der Waals surface area contributed by atoms with Crippen molar-refractivity contribution in [3.8, 4) is 0 Å². The van der Waals surface area contributed by atoms with E-state index in [4.69, 9.17) is 11.6 Å². The number of halogens is 1. The molecule has 0 saturated carbocycles. The van der Waals surface area contributed by atoms with Crippen molar-refractivity contribution in [1.29, 1.82) is 0 Å². The number of nitrogens with one attached hydrogen (secondary N) is 1. The third kappa shape index (κ3) is 1.90. The number of H-pyrrole nitrogens is 1. The van der Waals surface area contributed by atoms with Crippen LogP contribution in [0.3, 0.4) is 0 Å². The van der Waals surface area contributed by atoms with Crippen LogP contribution in [0.4, 0.5) is 0 Å². The Balaban J connectivity index is 2.24. The number of hydrogen-bond donors (Lipinski definition) is 1. The smallest absolute Gasteiger partial charge is 0.110 e. The molecule has 0 amide bonds. The van der Waals surface area contributed by atoms with Gasteiger partial charge in [0.15, 0.2) is 0 Å². The number of hydrogen-bond acceptors (Lipinski definition) is 1. The number of benzene rings is 1. The lowest BCUT2D eigenvalue weighted by molar-refractivity contribution is 1.03. The van der Waals surface area contributed by atoms with Gasteiger partial charge >= 0.3 is 0 Å². The van der Waals surface area contributed by atoms with Crippen molar-refractivity contribution in [3.05, 3.63) is 53.1 Å². The largest absolute Gasteiger partial charge is 0.348 e. The molecular formula is C10H9ClN2. The van der Waals surface area contributed by atoms with E-state index < -0.39 is 0 Å². The third-order valence-corrected chi connectivity index (χ3v) is 2.24. The number of nitrogens with zero attached hydrogens (tertiary/aromatic N) is 1. The zero-order chi connectivity index (χ0) is 9.10. The van der Waals surface area contributed by atoms with Crippen molar-refractivity contribution >= 4 is 11.6 Å². The van der Waals surface area contributed by atoms with Crippen molar-refractivity contribution in [1.82, 2.24) is 9.97 Å². The number of aromatic nitrogens is 2. The Kier molecular flexibility index (Phi) is 2.32. The van der Waals surface area contributed by atoms with E-state index in [9.17, 15) is 0 Å². The van der Waals surface area contributed by atoms with E-state index >= 15 is 0 Å². The van der Waals surface area contributed by atoms with Gasteiger partial charge in [-0.25, -0.2) is 4.98 Å². The molecular weight excluding hydrogens is 184 g/mol. The number of rotatable bonds is 2. The van der Waals surface area contributed by atoms with E-state index in [1.165, 1.54) is 0 Å². The molecule has 3 heteroatoms. The van der Waals surface area contributed by atoms with Crippen LogP contribution in [0.25, 0.3) is 0 Å². The molecule has 1 N–H and O–H groups in total. The first-order valence-electron chi connectivity index (χ1n) is 4.08. The molecule has 0 radical (unpaired) electrons. The molecule has 0 aliphatic rings. The second-order valence-electron chi connectivity index (χ2n) is 2.80. The van der Waals surface area contributed by atoms with Crippen molar-refractivity contribution in [3.63, 3.8) is 0 Å². The van der Waals surface area contributed by atoms with E-state index in [2.05, 4.69) is 9.97 Å². The van der Waals surface area contributed by atoms with E-state index in [-0.39, 0.29) is 0 Å². The van der Waals surface area contributed by atoms with Gasteiger partial charge in [-0.15, -0.1) is 0 Å². The Labute approximate surface area is 81.6 Å². The lowest BCUT2D eigenvalue weighted by Gasteiger charge is -2.00. The van der Waals surface area contributed by atoms with Gasteiger partial charge in [-0.2, -0.15) is 0 Å². The van der Waals surface area contributed by atoms with Gasteiger partial charge in [0.1, 0.15) is 5.82 Å². The minimum atomic E-state index is 0.757. The fourth-order valence-electron chi connectivity index (χ4n) is 1.22. The molecule has 0 spiro atoms. The van der Waals surface area contributed by atoms with Crippen molar-refractivity contribution in [2.45, 2.75) is 6.42 Å². The molecule has 0 aliphatic carbocycles. The molecule has 0 aliphatic heterocycles. The summed E-state index contributed by atoms with van der Waals surface area (Å²) in [6.07, 6.45) is 4.31. The zero-order valence-electron chi connectivity index (χ0n) is 7.00. The average molecular weight is 193 g/mol. The Morgan fingerprint density at radius 1 is 1.31 bits per heavy atom. The summed E-state index contributed by atoms with van der Waals surface area (Å²) in [6.45, 7) is 0. The standard InChI is InChI=1S/C10H9ClN2/c11-9-4-2-1-3-8(9)7-10-12-5-6-13-10/h1-6H,7H2,(H,12,13). The quantitative estimate of drug-likeness (QED) is 0.779. The fraction of sp³-hybridized carbons (Fsp3) is 0.100. The molecule has 0 unspecified atom stereocenters. The van der Waals surface area contributed by atoms with Gasteiger partial charge in [-0.3, -0.25) is 0 Å². The minimum Gasteiger partial charge on any atom is -0.348 e. The molecule has 0 bridgehead atoms. The Hall–Kier alpha value is -1.28. The predicted octanol–water partition coefficient (Wildman–Crippen LogP) is 2.65. The maximum Gasteiger partial charge on any atom is 0.110 e. The van der Waals surface area contributed by atoms with Gasteiger partial charge in [-0.05, 0) is 11.6 Å². The molecule has 13 heavy (non-hydrogen) atoms. The summed E-state index contributed by atoms with van der Waals surface area (Å²) < 4.78 is 0. The normalized spacial score (nSPS) is 10.2. The third-order valence-electron chi connectivity index (χ3n) is 1.87. The average Bonchev–Trinajstić information content (AvgIpc) is 2.61. The van der Waals surface area contributed by atoms with Gasteiger partial charge in [0.05, 0.1) is 0 Å². The van der Waals surface area contributed by atoms with Crippen LogP contribution < -0.4 is 0 Å². The molecule has 0 atom stereocenters. The molecule has 2 nitrogen and oxygen atoms in total. The Morgan fingerprint density at radius 2 is 2.15 bits per heavy atom. The zero-order valence-corrected chi connectivity index (χ0v) is 7.75. The first kappa shape index (κ1) is 8.32. The summed E-state index contributed by atoms with van der Waals surface area (Å²) in [5.74, 6) is 0.938. The van der Waals surface area contributed by atoms with Crippen LogP contribution in [-0.4, -0.2) is 9.97 Å². The second kappa shape index (κ2) is 3.62. The highest BCUT2D eigenvalue weighted by Crippen LogP contribution is 2.16. The summed E-state index contributed by atoms with van der Waals surface area (Å²) >= 11 is 6.00. The summed E-state index contributed by atoms with van der Waals surface area (Å²) in [5, 5.41) is 0.791. The summed E-state index contributed by atoms with van der Waals surface area (Å²) in [6, 6.07) is 7.79. The monoisotopic (exact) mass is 192 g/mol. The SMILES string of the molecule is Clc1ccccc1Cc1ncc[nH]1. The van der Waals surface area contributed by atoms with E-state index in [0.29, 0.717) is 0 Å². The highest BCUT2D eigenvalue weighted by atomic mass is 35.5. The maximum absolute atomic E-state index is 6.00. The van der Waals surface area contributed by atoms with Gasteiger partial charge in [0.2, 0.25) is 0 Å². The molecule has 1 heterocycles. The van der Waals surface area contributed by atoms with Crippen molar-refractivity contribution in [2.75, 3.05) is 0 Å². The molecule has 1 aromatic heterocycles. The van der Waals surface area contributed by atoms with Crippen LogP contribution in [0.2, 0.25) is 5.02 Å². The first-order valence-corrected chi connectivity index (χ1v) is 4.46. The van der Waals surface area contributed by atoms with Gasteiger partial charge < -0.3 is 4.98 Å². The highest BCUT2D eigenvalue weighted by molar-refractivity contribution is 6.31. The highest BCUT2D eigenvalue weighted by Gasteiger charge is 2.01.